The molecule has 2 rings (SSSR count). The molecule has 0 unspecified atom stereocenters. The molecule has 0 atom stereocenters. The van der Waals surface area contributed by atoms with E-state index in [1.807, 2.05) is 18.2 Å². The van der Waals surface area contributed by atoms with Gasteiger partial charge in [0.25, 0.3) is 0 Å². The van der Waals surface area contributed by atoms with Gasteiger partial charge in [-0.1, -0.05) is 30.7 Å². The number of para-hydroxylation sites is 1. The number of aryl methyl sites for hydroxylation is 1. The molecule has 19 heavy (non-hydrogen) atoms. The molecule has 100 valence electrons. The Balaban J connectivity index is 2.27. The highest BCUT2D eigenvalue weighted by atomic mass is 35.5. The maximum atomic E-state index is 6.03. The van der Waals surface area contributed by atoms with Crippen LogP contribution in [-0.4, -0.2) is 16.2 Å². The largest absolute Gasteiger partial charge is 0.339 e. The topological polar surface area (TPSA) is 37.8 Å². The molecule has 1 heterocycles. The highest BCUT2D eigenvalue weighted by Crippen LogP contribution is 2.27. The monoisotopic (exact) mass is 293 g/mol. The summed E-state index contributed by atoms with van der Waals surface area (Å²) in [5, 5.41) is 3.78. The van der Waals surface area contributed by atoms with Gasteiger partial charge in [-0.3, -0.25) is 0 Å². The lowest BCUT2D eigenvalue weighted by Gasteiger charge is -2.10. The van der Waals surface area contributed by atoms with Gasteiger partial charge in [0.2, 0.25) is 0 Å². The number of halogens is 1. The predicted octanol–water partition coefficient (Wildman–Crippen LogP) is 4.55. The molecule has 0 spiro atoms. The number of hydrogen-bond donors (Lipinski definition) is 1. The third-order valence-corrected chi connectivity index (χ3v) is 3.57. The molecular formula is C14H16ClN3S. The smallest absolute Gasteiger partial charge is 0.135 e. The van der Waals surface area contributed by atoms with Crippen LogP contribution in [0, 0.1) is 0 Å². The van der Waals surface area contributed by atoms with Gasteiger partial charge >= 0.3 is 0 Å². The fraction of sp³-hybridized carbons (Fsp3) is 0.286. The molecule has 1 N–H and O–H groups in total. The lowest BCUT2D eigenvalue weighted by Crippen LogP contribution is -2.01. The highest BCUT2D eigenvalue weighted by molar-refractivity contribution is 7.98. The number of thioether (sulfide) groups is 1. The SMILES string of the molecule is CCCc1nc(Cl)cc(Nc2ccccc2SC)n1. The Morgan fingerprint density at radius 3 is 2.79 bits per heavy atom. The molecule has 0 amide bonds. The summed E-state index contributed by atoms with van der Waals surface area (Å²) in [6, 6.07) is 9.87. The second kappa shape index (κ2) is 6.78. The molecule has 0 saturated heterocycles. The zero-order chi connectivity index (χ0) is 13.7. The second-order valence-corrected chi connectivity index (χ2v) is 5.30. The maximum Gasteiger partial charge on any atom is 0.135 e. The highest BCUT2D eigenvalue weighted by Gasteiger charge is 2.05. The number of hydrogen-bond acceptors (Lipinski definition) is 4. The lowest BCUT2D eigenvalue weighted by molar-refractivity contribution is 0.836. The first-order chi connectivity index (χ1) is 9.22. The van der Waals surface area contributed by atoms with Gasteiger partial charge in [0, 0.05) is 17.4 Å². The molecule has 3 nitrogen and oxygen atoms in total. The van der Waals surface area contributed by atoms with Crippen molar-refractivity contribution in [3.05, 3.63) is 41.3 Å². The summed E-state index contributed by atoms with van der Waals surface area (Å²) in [6.45, 7) is 2.10. The minimum atomic E-state index is 0.475. The first-order valence-electron chi connectivity index (χ1n) is 6.16. The van der Waals surface area contributed by atoms with Crippen molar-refractivity contribution >= 4 is 34.9 Å². The normalized spacial score (nSPS) is 10.5. The number of aromatic nitrogens is 2. The molecule has 5 heteroatoms. The third-order valence-electron chi connectivity index (χ3n) is 2.58. The van der Waals surface area contributed by atoms with Gasteiger partial charge in [0.05, 0.1) is 5.69 Å². The van der Waals surface area contributed by atoms with Crippen molar-refractivity contribution in [3.8, 4) is 0 Å². The second-order valence-electron chi connectivity index (χ2n) is 4.07. The van der Waals surface area contributed by atoms with Gasteiger partial charge in [0.15, 0.2) is 0 Å². The van der Waals surface area contributed by atoms with Gasteiger partial charge in [-0.2, -0.15) is 0 Å². The van der Waals surface area contributed by atoms with Crippen molar-refractivity contribution in [3.63, 3.8) is 0 Å². The Bertz CT molecular complexity index is 560. The van der Waals surface area contributed by atoms with E-state index >= 15 is 0 Å². The minimum absolute atomic E-state index is 0.475. The van der Waals surface area contributed by atoms with E-state index < -0.39 is 0 Å². The molecule has 0 bridgehead atoms. The number of nitrogens with zero attached hydrogens (tertiary/aromatic N) is 2. The minimum Gasteiger partial charge on any atom is -0.339 e. The first-order valence-corrected chi connectivity index (χ1v) is 7.76. The van der Waals surface area contributed by atoms with E-state index in [4.69, 9.17) is 11.6 Å². The van der Waals surface area contributed by atoms with E-state index in [0.29, 0.717) is 5.15 Å². The molecule has 0 saturated carbocycles. The van der Waals surface area contributed by atoms with E-state index in [9.17, 15) is 0 Å². The van der Waals surface area contributed by atoms with Crippen molar-refractivity contribution in [2.75, 3.05) is 11.6 Å². The molecule has 0 fully saturated rings. The zero-order valence-electron chi connectivity index (χ0n) is 11.0. The molecular weight excluding hydrogens is 278 g/mol. The lowest BCUT2D eigenvalue weighted by atomic mass is 10.3. The van der Waals surface area contributed by atoms with Crippen LogP contribution < -0.4 is 5.32 Å². The van der Waals surface area contributed by atoms with E-state index in [0.717, 1.165) is 30.2 Å². The molecule has 1 aromatic heterocycles. The fourth-order valence-electron chi connectivity index (χ4n) is 1.75. The van der Waals surface area contributed by atoms with Crippen molar-refractivity contribution in [2.24, 2.45) is 0 Å². The molecule has 0 aliphatic heterocycles. The van der Waals surface area contributed by atoms with Crippen LogP contribution in [0.2, 0.25) is 5.15 Å². The van der Waals surface area contributed by atoms with Crippen LogP contribution in [0.1, 0.15) is 19.2 Å². The van der Waals surface area contributed by atoms with Crippen LogP contribution in [0.3, 0.4) is 0 Å². The standard InChI is InChI=1S/C14H16ClN3S/c1-3-6-13-17-12(15)9-14(18-13)16-10-7-4-5-8-11(10)19-2/h4-5,7-9H,3,6H2,1-2H3,(H,16,17,18). The number of nitrogens with one attached hydrogen (secondary N) is 1. The van der Waals surface area contributed by atoms with Gasteiger partial charge in [-0.15, -0.1) is 11.8 Å². The summed E-state index contributed by atoms with van der Waals surface area (Å²) >= 11 is 7.72. The van der Waals surface area contributed by atoms with Crippen molar-refractivity contribution in [2.45, 2.75) is 24.7 Å². The third kappa shape index (κ3) is 3.85. The van der Waals surface area contributed by atoms with Crippen molar-refractivity contribution in [1.29, 1.82) is 0 Å². The quantitative estimate of drug-likeness (QED) is 0.648. The molecule has 1 aromatic carbocycles. The molecule has 0 aliphatic carbocycles. The Hall–Kier alpha value is -1.26. The van der Waals surface area contributed by atoms with E-state index in [1.165, 1.54) is 4.90 Å². The molecule has 0 radical (unpaired) electrons. The number of rotatable bonds is 5. The Kier molecular flexibility index (Phi) is 5.05. The van der Waals surface area contributed by atoms with Crippen LogP contribution in [-0.2, 0) is 6.42 Å². The average Bonchev–Trinajstić information content (AvgIpc) is 2.39. The Morgan fingerprint density at radius 1 is 1.26 bits per heavy atom. The van der Waals surface area contributed by atoms with Crippen molar-refractivity contribution < 1.29 is 0 Å². The van der Waals surface area contributed by atoms with Crippen LogP contribution in [0.5, 0.6) is 0 Å². The van der Waals surface area contributed by atoms with Gasteiger partial charge in [0.1, 0.15) is 16.8 Å². The van der Waals surface area contributed by atoms with Crippen LogP contribution in [0.15, 0.2) is 35.2 Å². The zero-order valence-corrected chi connectivity index (χ0v) is 12.6. The number of anilines is 2. The first kappa shape index (κ1) is 14.2. The van der Waals surface area contributed by atoms with Crippen LogP contribution >= 0.6 is 23.4 Å². The molecule has 2 aromatic rings. The summed E-state index contributed by atoms with van der Waals surface area (Å²) in [7, 11) is 0. The van der Waals surface area contributed by atoms with Crippen LogP contribution in [0.25, 0.3) is 0 Å². The summed E-state index contributed by atoms with van der Waals surface area (Å²) in [5.41, 5.74) is 1.03. The Morgan fingerprint density at radius 2 is 2.05 bits per heavy atom. The van der Waals surface area contributed by atoms with Gasteiger partial charge < -0.3 is 5.32 Å². The van der Waals surface area contributed by atoms with Crippen LogP contribution in [0.4, 0.5) is 11.5 Å². The van der Waals surface area contributed by atoms with E-state index in [2.05, 4.69) is 34.5 Å². The molecule has 0 aliphatic rings. The fourth-order valence-corrected chi connectivity index (χ4v) is 2.50. The average molecular weight is 294 g/mol. The Labute approximate surface area is 122 Å². The maximum absolute atomic E-state index is 6.03. The summed E-state index contributed by atoms with van der Waals surface area (Å²) in [5.74, 6) is 1.52. The van der Waals surface area contributed by atoms with E-state index in [-0.39, 0.29) is 0 Å². The van der Waals surface area contributed by atoms with Gasteiger partial charge in [-0.25, -0.2) is 9.97 Å². The predicted molar refractivity (Wildman–Crippen MR) is 82.5 cm³/mol. The van der Waals surface area contributed by atoms with Gasteiger partial charge in [-0.05, 0) is 24.8 Å². The summed E-state index contributed by atoms with van der Waals surface area (Å²) < 4.78 is 0. The number of benzene rings is 1. The summed E-state index contributed by atoms with van der Waals surface area (Å²) in [6.07, 6.45) is 3.89. The van der Waals surface area contributed by atoms with E-state index in [1.54, 1.807) is 17.8 Å². The van der Waals surface area contributed by atoms with Crippen molar-refractivity contribution in [1.82, 2.24) is 9.97 Å². The summed E-state index contributed by atoms with van der Waals surface area (Å²) in [4.78, 5) is 9.87.